The van der Waals surface area contributed by atoms with Crippen LogP contribution in [0, 0.1) is 6.92 Å². The summed E-state index contributed by atoms with van der Waals surface area (Å²) in [5, 5.41) is 6.37. The van der Waals surface area contributed by atoms with Gasteiger partial charge in [-0.3, -0.25) is 9.59 Å². The van der Waals surface area contributed by atoms with Crippen molar-refractivity contribution in [1.29, 1.82) is 0 Å². The van der Waals surface area contributed by atoms with Gasteiger partial charge in [0.1, 0.15) is 12.9 Å². The molecule has 0 unspecified atom stereocenters. The Morgan fingerprint density at radius 2 is 2.24 bits per heavy atom. The third-order valence-corrected chi connectivity index (χ3v) is 2.51. The Morgan fingerprint density at radius 1 is 1.43 bits per heavy atom. The lowest BCUT2D eigenvalue weighted by Gasteiger charge is -2.07. The van der Waals surface area contributed by atoms with Gasteiger partial charge < -0.3 is 15.8 Å². The van der Waals surface area contributed by atoms with Crippen LogP contribution >= 0.6 is 0 Å². The molecule has 1 aromatic carbocycles. The highest BCUT2D eigenvalue weighted by molar-refractivity contribution is 5.92. The summed E-state index contributed by atoms with van der Waals surface area (Å²) in [7, 11) is 0. The third-order valence-electron chi connectivity index (χ3n) is 2.51. The van der Waals surface area contributed by atoms with Crippen molar-refractivity contribution < 1.29 is 14.3 Å². The Kier molecular flexibility index (Phi) is 4.50. The van der Waals surface area contributed by atoms with E-state index >= 15 is 0 Å². The standard InChI is InChI=1S/C13H15N5O3/c1-9-3-2-4-10(5-9)16-11(19)7-21-12(20)6-18-8-15-13(14)17-18/h2-5,8H,6-7H2,1H3,(H2,14,17)(H,16,19). The number of hydrogen-bond donors (Lipinski definition) is 2. The zero-order chi connectivity index (χ0) is 15.2. The van der Waals surface area contributed by atoms with E-state index in [1.807, 2.05) is 25.1 Å². The summed E-state index contributed by atoms with van der Waals surface area (Å²) in [4.78, 5) is 26.8. The average Bonchev–Trinajstić information content (AvgIpc) is 2.82. The van der Waals surface area contributed by atoms with Gasteiger partial charge in [-0.05, 0) is 24.6 Å². The number of nitrogen functional groups attached to an aromatic ring is 1. The molecule has 1 heterocycles. The number of hydrogen-bond acceptors (Lipinski definition) is 6. The zero-order valence-electron chi connectivity index (χ0n) is 11.4. The number of nitrogens with zero attached hydrogens (tertiary/aromatic N) is 3. The van der Waals surface area contributed by atoms with Gasteiger partial charge in [-0.2, -0.15) is 0 Å². The van der Waals surface area contributed by atoms with Crippen LogP contribution < -0.4 is 11.1 Å². The van der Waals surface area contributed by atoms with E-state index in [0.29, 0.717) is 5.69 Å². The van der Waals surface area contributed by atoms with Gasteiger partial charge in [0.15, 0.2) is 6.61 Å². The molecule has 0 spiro atoms. The molecule has 1 amide bonds. The van der Waals surface area contributed by atoms with E-state index in [1.165, 1.54) is 11.0 Å². The maximum Gasteiger partial charge on any atom is 0.328 e. The number of aromatic nitrogens is 3. The van der Waals surface area contributed by atoms with Crippen LogP contribution in [-0.2, 0) is 20.9 Å². The molecular weight excluding hydrogens is 274 g/mol. The third kappa shape index (κ3) is 4.60. The fourth-order valence-electron chi connectivity index (χ4n) is 1.63. The molecule has 1 aromatic heterocycles. The number of rotatable bonds is 5. The Labute approximate surface area is 120 Å². The Balaban J connectivity index is 1.77. The highest BCUT2D eigenvalue weighted by Crippen LogP contribution is 2.09. The van der Waals surface area contributed by atoms with E-state index in [4.69, 9.17) is 10.5 Å². The van der Waals surface area contributed by atoms with Crippen molar-refractivity contribution in [3.8, 4) is 0 Å². The summed E-state index contributed by atoms with van der Waals surface area (Å²) in [5.41, 5.74) is 6.99. The molecule has 0 bridgehead atoms. The van der Waals surface area contributed by atoms with Gasteiger partial charge in [0, 0.05) is 5.69 Å². The van der Waals surface area contributed by atoms with Crippen LogP contribution in [0.2, 0.25) is 0 Å². The van der Waals surface area contributed by atoms with Crippen LogP contribution in [-0.4, -0.2) is 33.2 Å². The molecule has 21 heavy (non-hydrogen) atoms. The van der Waals surface area contributed by atoms with Gasteiger partial charge in [0.05, 0.1) is 0 Å². The lowest BCUT2D eigenvalue weighted by atomic mass is 10.2. The number of carbonyl (C=O) groups excluding carboxylic acids is 2. The monoisotopic (exact) mass is 289 g/mol. The maximum absolute atomic E-state index is 11.6. The van der Waals surface area contributed by atoms with Crippen molar-refractivity contribution in [1.82, 2.24) is 14.8 Å². The number of aryl methyl sites for hydroxylation is 1. The van der Waals surface area contributed by atoms with Gasteiger partial charge in [-0.1, -0.05) is 12.1 Å². The molecule has 0 saturated heterocycles. The number of ether oxygens (including phenoxy) is 1. The van der Waals surface area contributed by atoms with Crippen molar-refractivity contribution in [2.24, 2.45) is 0 Å². The normalized spacial score (nSPS) is 10.1. The molecule has 8 nitrogen and oxygen atoms in total. The van der Waals surface area contributed by atoms with Crippen LogP contribution in [0.15, 0.2) is 30.6 Å². The van der Waals surface area contributed by atoms with Gasteiger partial charge in [0.2, 0.25) is 5.95 Å². The number of nitrogens with one attached hydrogen (secondary N) is 1. The largest absolute Gasteiger partial charge is 0.454 e. The molecule has 8 heteroatoms. The molecule has 0 aliphatic heterocycles. The van der Waals surface area contributed by atoms with E-state index in [0.717, 1.165) is 5.56 Å². The van der Waals surface area contributed by atoms with Crippen molar-refractivity contribution in [3.63, 3.8) is 0 Å². The van der Waals surface area contributed by atoms with Crippen molar-refractivity contribution in [2.45, 2.75) is 13.5 Å². The highest BCUT2D eigenvalue weighted by Gasteiger charge is 2.09. The van der Waals surface area contributed by atoms with Crippen molar-refractivity contribution in [3.05, 3.63) is 36.2 Å². The molecular formula is C13H15N5O3. The SMILES string of the molecule is Cc1cccc(NC(=O)COC(=O)Cn2cnc(N)n2)c1. The van der Waals surface area contributed by atoms with Crippen LogP contribution in [0.5, 0.6) is 0 Å². The number of anilines is 2. The Hall–Kier alpha value is -2.90. The van der Waals surface area contributed by atoms with Gasteiger partial charge in [-0.25, -0.2) is 9.67 Å². The first-order valence-corrected chi connectivity index (χ1v) is 6.20. The molecule has 0 saturated carbocycles. The van der Waals surface area contributed by atoms with Crippen LogP contribution in [0.4, 0.5) is 11.6 Å². The van der Waals surface area contributed by atoms with E-state index in [2.05, 4.69) is 15.4 Å². The first-order valence-electron chi connectivity index (χ1n) is 6.20. The quantitative estimate of drug-likeness (QED) is 0.768. The van der Waals surface area contributed by atoms with Gasteiger partial charge in [-0.15, -0.1) is 5.10 Å². The molecule has 0 fully saturated rings. The lowest BCUT2D eigenvalue weighted by Crippen LogP contribution is -2.23. The predicted molar refractivity (Wildman–Crippen MR) is 75.2 cm³/mol. The molecule has 0 radical (unpaired) electrons. The Morgan fingerprint density at radius 3 is 2.90 bits per heavy atom. The van der Waals surface area contributed by atoms with E-state index in [1.54, 1.807) is 6.07 Å². The molecule has 0 aliphatic rings. The number of esters is 1. The van der Waals surface area contributed by atoms with Gasteiger partial charge in [0.25, 0.3) is 5.91 Å². The fourth-order valence-corrected chi connectivity index (χ4v) is 1.63. The van der Waals surface area contributed by atoms with E-state index in [-0.39, 0.29) is 19.1 Å². The summed E-state index contributed by atoms with van der Waals surface area (Å²) in [6.07, 6.45) is 1.31. The van der Waals surface area contributed by atoms with Crippen molar-refractivity contribution >= 4 is 23.5 Å². The molecule has 2 rings (SSSR count). The second-order valence-corrected chi connectivity index (χ2v) is 4.38. The Bertz CT molecular complexity index is 653. The molecule has 110 valence electrons. The first-order chi connectivity index (χ1) is 10.0. The zero-order valence-corrected chi connectivity index (χ0v) is 11.4. The number of carbonyl (C=O) groups is 2. The number of amides is 1. The summed E-state index contributed by atoms with van der Waals surface area (Å²) >= 11 is 0. The lowest BCUT2D eigenvalue weighted by molar-refractivity contribution is -0.148. The predicted octanol–water partition coefficient (Wildman–Crippen LogP) is 0.351. The second-order valence-electron chi connectivity index (χ2n) is 4.38. The molecule has 3 N–H and O–H groups in total. The minimum absolute atomic E-state index is 0.0694. The molecule has 0 aliphatic carbocycles. The summed E-state index contributed by atoms with van der Waals surface area (Å²) in [5.74, 6) is -0.939. The summed E-state index contributed by atoms with van der Waals surface area (Å²) in [6, 6.07) is 7.31. The molecule has 0 atom stereocenters. The average molecular weight is 289 g/mol. The van der Waals surface area contributed by atoms with Crippen molar-refractivity contribution in [2.75, 3.05) is 17.7 Å². The van der Waals surface area contributed by atoms with Crippen LogP contribution in [0.1, 0.15) is 5.56 Å². The maximum atomic E-state index is 11.6. The number of nitrogens with two attached hydrogens (primary N) is 1. The second kappa shape index (κ2) is 6.51. The number of benzene rings is 1. The summed E-state index contributed by atoms with van der Waals surface area (Å²) < 4.78 is 6.07. The smallest absolute Gasteiger partial charge is 0.328 e. The highest BCUT2D eigenvalue weighted by atomic mass is 16.5. The van der Waals surface area contributed by atoms with E-state index < -0.39 is 11.9 Å². The van der Waals surface area contributed by atoms with Gasteiger partial charge >= 0.3 is 5.97 Å². The molecule has 2 aromatic rings. The van der Waals surface area contributed by atoms with Crippen LogP contribution in [0.25, 0.3) is 0 Å². The minimum Gasteiger partial charge on any atom is -0.454 e. The van der Waals surface area contributed by atoms with E-state index in [9.17, 15) is 9.59 Å². The fraction of sp³-hybridized carbons (Fsp3) is 0.231. The minimum atomic E-state index is -0.598. The first kappa shape index (κ1) is 14.5. The van der Waals surface area contributed by atoms with Crippen LogP contribution in [0.3, 0.4) is 0 Å². The topological polar surface area (TPSA) is 112 Å². The summed E-state index contributed by atoms with van der Waals surface area (Å²) in [6.45, 7) is 1.40.